The fraction of sp³-hybridized carbons (Fsp3) is 0. The standard InChI is InChI=1S/C55H34N4S/c1-3-15-35(16-4-1)41-31-29-40(34-49(41)59-47-27-11-9-23-44(47)45-24-10-12-28-48(45)59)55-57-53(37-18-5-2-6-19-37)56-54(58-55)39-21-13-20-38(33-39)43-25-14-26-46-51-42-22-8-7-17-36(42)30-32-50(51)60-52(43)46/h1-34H. The molecule has 0 N–H and O–H groups in total. The minimum Gasteiger partial charge on any atom is -0.309 e. The molecule has 0 amide bonds. The van der Waals surface area contributed by atoms with Crippen LogP contribution < -0.4 is 0 Å². The molecule has 3 aromatic heterocycles. The van der Waals surface area contributed by atoms with Crippen LogP contribution in [0, 0.1) is 0 Å². The number of nitrogens with zero attached hydrogens (tertiary/aromatic N) is 4. The third-order valence-electron chi connectivity index (χ3n) is 11.6. The van der Waals surface area contributed by atoms with E-state index in [1.807, 2.05) is 29.5 Å². The van der Waals surface area contributed by atoms with Crippen molar-refractivity contribution in [1.82, 2.24) is 19.5 Å². The summed E-state index contributed by atoms with van der Waals surface area (Å²) >= 11 is 1.86. The molecule has 0 aliphatic heterocycles. The summed E-state index contributed by atoms with van der Waals surface area (Å²) in [5, 5.41) is 7.57. The minimum absolute atomic E-state index is 0.615. The molecule has 4 nitrogen and oxygen atoms in total. The Hall–Kier alpha value is -7.73. The lowest BCUT2D eigenvalue weighted by atomic mass is 9.98. The third-order valence-corrected chi connectivity index (χ3v) is 12.9. The maximum Gasteiger partial charge on any atom is 0.164 e. The van der Waals surface area contributed by atoms with Gasteiger partial charge in [0, 0.05) is 53.2 Å². The van der Waals surface area contributed by atoms with Crippen LogP contribution in [0.1, 0.15) is 0 Å². The largest absolute Gasteiger partial charge is 0.309 e. The normalized spacial score (nSPS) is 11.7. The molecule has 0 radical (unpaired) electrons. The predicted molar refractivity (Wildman–Crippen MR) is 252 cm³/mol. The Labute approximate surface area is 350 Å². The highest BCUT2D eigenvalue weighted by molar-refractivity contribution is 7.26. The molecule has 0 saturated carbocycles. The van der Waals surface area contributed by atoms with Crippen molar-refractivity contribution in [2.75, 3.05) is 0 Å². The first kappa shape index (κ1) is 34.3. The highest BCUT2D eigenvalue weighted by Gasteiger charge is 2.20. The highest BCUT2D eigenvalue weighted by Crippen LogP contribution is 2.44. The van der Waals surface area contributed by atoms with Crippen molar-refractivity contribution < 1.29 is 0 Å². The topological polar surface area (TPSA) is 43.6 Å². The molecule has 0 aliphatic rings. The van der Waals surface area contributed by atoms with E-state index in [0.717, 1.165) is 50.1 Å². The number of hydrogen-bond donors (Lipinski definition) is 0. The monoisotopic (exact) mass is 782 g/mol. The number of hydrogen-bond acceptors (Lipinski definition) is 4. The summed E-state index contributed by atoms with van der Waals surface area (Å²) in [4.78, 5) is 15.6. The maximum atomic E-state index is 5.29. The van der Waals surface area contributed by atoms with Gasteiger partial charge in [0.15, 0.2) is 17.5 Å². The van der Waals surface area contributed by atoms with Crippen molar-refractivity contribution in [2.24, 2.45) is 0 Å². The van der Waals surface area contributed by atoms with Gasteiger partial charge in [0.05, 0.1) is 16.7 Å². The van der Waals surface area contributed by atoms with Gasteiger partial charge in [-0.1, -0.05) is 176 Å². The van der Waals surface area contributed by atoms with Crippen molar-refractivity contribution >= 4 is 64.1 Å². The summed E-state index contributed by atoms with van der Waals surface area (Å²) in [6, 6.07) is 73.2. The number of para-hydroxylation sites is 2. The van der Waals surface area contributed by atoms with Gasteiger partial charge in [0.25, 0.3) is 0 Å². The highest BCUT2D eigenvalue weighted by atomic mass is 32.1. The Balaban J connectivity index is 1.05. The summed E-state index contributed by atoms with van der Waals surface area (Å²) in [6.45, 7) is 0. The molecule has 0 spiro atoms. The first-order chi connectivity index (χ1) is 29.7. The van der Waals surface area contributed by atoms with E-state index in [1.54, 1.807) is 0 Å². The summed E-state index contributed by atoms with van der Waals surface area (Å²) in [5.41, 5.74) is 10.7. The minimum atomic E-state index is 0.615. The molecule has 0 fully saturated rings. The van der Waals surface area contributed by atoms with E-state index in [0.29, 0.717) is 17.5 Å². The van der Waals surface area contributed by atoms with Gasteiger partial charge in [-0.05, 0) is 57.8 Å². The van der Waals surface area contributed by atoms with E-state index in [9.17, 15) is 0 Å². The fourth-order valence-corrected chi connectivity index (χ4v) is 10.1. The van der Waals surface area contributed by atoms with Crippen LogP contribution in [-0.4, -0.2) is 19.5 Å². The first-order valence-corrected chi connectivity index (χ1v) is 21.0. The van der Waals surface area contributed by atoms with Crippen molar-refractivity contribution in [1.29, 1.82) is 0 Å². The van der Waals surface area contributed by atoms with E-state index < -0.39 is 0 Å². The smallest absolute Gasteiger partial charge is 0.164 e. The molecule has 5 heteroatoms. The zero-order chi connectivity index (χ0) is 39.6. The van der Waals surface area contributed by atoms with Gasteiger partial charge < -0.3 is 4.57 Å². The maximum absolute atomic E-state index is 5.29. The van der Waals surface area contributed by atoms with Crippen LogP contribution in [0.15, 0.2) is 206 Å². The van der Waals surface area contributed by atoms with E-state index in [4.69, 9.17) is 15.0 Å². The Kier molecular flexibility index (Phi) is 8.00. The second kappa shape index (κ2) is 14.0. The lowest BCUT2D eigenvalue weighted by Crippen LogP contribution is -2.02. The van der Waals surface area contributed by atoms with Crippen LogP contribution in [-0.2, 0) is 0 Å². The van der Waals surface area contributed by atoms with Crippen molar-refractivity contribution in [3.05, 3.63) is 206 Å². The Morgan fingerprint density at radius 3 is 1.63 bits per heavy atom. The molecule has 0 atom stereocenters. The van der Waals surface area contributed by atoms with Gasteiger partial charge in [-0.2, -0.15) is 0 Å². The summed E-state index contributed by atoms with van der Waals surface area (Å²) in [7, 11) is 0. The van der Waals surface area contributed by atoms with Crippen LogP contribution in [0.4, 0.5) is 0 Å². The van der Waals surface area contributed by atoms with Gasteiger partial charge in [0.1, 0.15) is 0 Å². The van der Waals surface area contributed by atoms with Crippen molar-refractivity contribution in [3.63, 3.8) is 0 Å². The number of fused-ring (bicyclic) bond motifs is 8. The van der Waals surface area contributed by atoms with Gasteiger partial charge in [0.2, 0.25) is 0 Å². The summed E-state index contributed by atoms with van der Waals surface area (Å²) in [6.07, 6.45) is 0. The van der Waals surface area contributed by atoms with Crippen molar-refractivity contribution in [3.8, 4) is 62.1 Å². The predicted octanol–water partition coefficient (Wildman–Crippen LogP) is 14.8. The van der Waals surface area contributed by atoms with Crippen LogP contribution in [0.5, 0.6) is 0 Å². The molecule has 60 heavy (non-hydrogen) atoms. The zero-order valence-corrected chi connectivity index (χ0v) is 33.1. The molecule has 0 unspecified atom stereocenters. The molecule has 3 heterocycles. The summed E-state index contributed by atoms with van der Waals surface area (Å²) < 4.78 is 4.95. The second-order valence-electron chi connectivity index (χ2n) is 15.2. The van der Waals surface area contributed by atoms with E-state index in [-0.39, 0.29) is 0 Å². The molecular weight excluding hydrogens is 749 g/mol. The third kappa shape index (κ3) is 5.63. The summed E-state index contributed by atoms with van der Waals surface area (Å²) in [5.74, 6) is 1.87. The number of rotatable bonds is 6. The average Bonchev–Trinajstić information content (AvgIpc) is 3.88. The Bertz CT molecular complexity index is 3550. The van der Waals surface area contributed by atoms with Gasteiger partial charge in [-0.3, -0.25) is 0 Å². The molecule has 9 aromatic carbocycles. The lowest BCUT2D eigenvalue weighted by Gasteiger charge is -2.16. The SMILES string of the molecule is c1ccc(-c2nc(-c3cccc(-c4cccc5c4sc4ccc6ccccc6c45)c3)nc(-c3ccc(-c4ccccc4)c(-n4c5ccccc5c5ccccc54)c3)n2)cc1. The molecule has 0 bridgehead atoms. The van der Waals surface area contributed by atoms with Crippen LogP contribution >= 0.6 is 11.3 Å². The average molecular weight is 783 g/mol. The Morgan fingerprint density at radius 2 is 0.900 bits per heavy atom. The lowest BCUT2D eigenvalue weighted by molar-refractivity contribution is 1.07. The molecule has 0 saturated heterocycles. The van der Waals surface area contributed by atoms with E-state index in [2.05, 4.69) is 193 Å². The fourth-order valence-electron chi connectivity index (χ4n) is 8.87. The number of thiophene rings is 1. The second-order valence-corrected chi connectivity index (χ2v) is 16.2. The molecule has 12 aromatic rings. The van der Waals surface area contributed by atoms with E-state index >= 15 is 0 Å². The van der Waals surface area contributed by atoms with Gasteiger partial charge in [-0.15, -0.1) is 11.3 Å². The Morgan fingerprint density at radius 1 is 0.350 bits per heavy atom. The van der Waals surface area contributed by atoms with Gasteiger partial charge >= 0.3 is 0 Å². The van der Waals surface area contributed by atoms with E-state index in [1.165, 1.54) is 47.3 Å². The van der Waals surface area contributed by atoms with Crippen molar-refractivity contribution in [2.45, 2.75) is 0 Å². The molecule has 12 rings (SSSR count). The number of aromatic nitrogens is 4. The number of benzene rings is 9. The van der Waals surface area contributed by atoms with Crippen LogP contribution in [0.2, 0.25) is 0 Å². The molecular formula is C55H34N4S. The first-order valence-electron chi connectivity index (χ1n) is 20.2. The van der Waals surface area contributed by atoms with Crippen LogP contribution in [0.3, 0.4) is 0 Å². The van der Waals surface area contributed by atoms with Crippen LogP contribution in [0.25, 0.3) is 115 Å². The zero-order valence-electron chi connectivity index (χ0n) is 32.3. The molecule has 0 aliphatic carbocycles. The quantitative estimate of drug-likeness (QED) is 0.169. The molecule has 280 valence electrons. The van der Waals surface area contributed by atoms with Gasteiger partial charge in [-0.25, -0.2) is 15.0 Å².